The standard InChI is InChI=1S/C10H14N2S/c1-12-10(7-11)13-8-9-5-3-2-4-6-9/h2-7,12H,8,11H2,1H3/b10-7+. The van der Waals surface area contributed by atoms with Crippen molar-refractivity contribution >= 4 is 11.8 Å². The zero-order valence-electron chi connectivity index (χ0n) is 7.66. The Bertz CT molecular complexity index is 270. The van der Waals surface area contributed by atoms with E-state index in [1.54, 1.807) is 18.0 Å². The van der Waals surface area contributed by atoms with E-state index in [-0.39, 0.29) is 0 Å². The van der Waals surface area contributed by atoms with Gasteiger partial charge in [-0.1, -0.05) is 30.3 Å². The van der Waals surface area contributed by atoms with Crippen molar-refractivity contribution in [2.45, 2.75) is 5.75 Å². The molecule has 0 spiro atoms. The van der Waals surface area contributed by atoms with E-state index in [0.717, 1.165) is 10.8 Å². The fourth-order valence-electron chi connectivity index (χ4n) is 0.939. The molecule has 0 radical (unpaired) electrons. The first kappa shape index (κ1) is 9.99. The second kappa shape index (κ2) is 5.54. The topological polar surface area (TPSA) is 38.0 Å². The highest BCUT2D eigenvalue weighted by molar-refractivity contribution is 8.02. The van der Waals surface area contributed by atoms with Crippen LogP contribution in [0.5, 0.6) is 0 Å². The third-order valence-electron chi connectivity index (χ3n) is 1.63. The SMILES string of the molecule is CN/C(=C\N)SCc1ccccc1. The van der Waals surface area contributed by atoms with Crippen LogP contribution in [0.1, 0.15) is 5.56 Å². The van der Waals surface area contributed by atoms with Crippen LogP contribution in [0.25, 0.3) is 0 Å². The van der Waals surface area contributed by atoms with Gasteiger partial charge < -0.3 is 11.1 Å². The molecule has 0 atom stereocenters. The van der Waals surface area contributed by atoms with Crippen molar-refractivity contribution < 1.29 is 0 Å². The Hall–Kier alpha value is -1.09. The summed E-state index contributed by atoms with van der Waals surface area (Å²) >= 11 is 1.70. The van der Waals surface area contributed by atoms with E-state index in [1.807, 2.05) is 25.2 Å². The van der Waals surface area contributed by atoms with Crippen LogP contribution in [0.4, 0.5) is 0 Å². The molecule has 0 aliphatic rings. The molecule has 2 nitrogen and oxygen atoms in total. The van der Waals surface area contributed by atoms with Gasteiger partial charge >= 0.3 is 0 Å². The Kier molecular flexibility index (Phi) is 4.26. The van der Waals surface area contributed by atoms with Crippen LogP contribution < -0.4 is 11.1 Å². The third-order valence-corrected chi connectivity index (χ3v) is 2.76. The van der Waals surface area contributed by atoms with E-state index < -0.39 is 0 Å². The maximum absolute atomic E-state index is 5.40. The smallest absolute Gasteiger partial charge is 0.0839 e. The zero-order valence-corrected chi connectivity index (χ0v) is 8.47. The molecule has 3 N–H and O–H groups in total. The first-order valence-corrected chi connectivity index (χ1v) is 5.11. The second-order valence-electron chi connectivity index (χ2n) is 2.56. The Labute approximate surface area is 83.2 Å². The first-order valence-electron chi connectivity index (χ1n) is 4.13. The number of hydrogen-bond donors (Lipinski definition) is 2. The van der Waals surface area contributed by atoms with Gasteiger partial charge in [0.15, 0.2) is 0 Å². The molecule has 0 heterocycles. The van der Waals surface area contributed by atoms with Gasteiger partial charge in [0.05, 0.1) is 5.03 Å². The average Bonchev–Trinajstić information content (AvgIpc) is 2.21. The molecule has 0 bridgehead atoms. The van der Waals surface area contributed by atoms with Gasteiger partial charge in [-0.15, -0.1) is 11.8 Å². The lowest BCUT2D eigenvalue weighted by molar-refractivity contribution is 1.07. The lowest BCUT2D eigenvalue weighted by atomic mass is 10.2. The maximum atomic E-state index is 5.40. The predicted octanol–water partition coefficient (Wildman–Crippen LogP) is 1.90. The van der Waals surface area contributed by atoms with Gasteiger partial charge in [-0.3, -0.25) is 0 Å². The molecule has 13 heavy (non-hydrogen) atoms. The van der Waals surface area contributed by atoms with Gasteiger partial charge in [-0.25, -0.2) is 0 Å². The molecule has 3 heteroatoms. The Balaban J connectivity index is 2.43. The van der Waals surface area contributed by atoms with E-state index in [0.29, 0.717) is 0 Å². The molecular formula is C10H14N2S. The average molecular weight is 194 g/mol. The number of nitrogens with one attached hydrogen (secondary N) is 1. The maximum Gasteiger partial charge on any atom is 0.0839 e. The Morgan fingerprint density at radius 3 is 2.69 bits per heavy atom. The van der Waals surface area contributed by atoms with Crippen molar-refractivity contribution in [1.29, 1.82) is 0 Å². The summed E-state index contributed by atoms with van der Waals surface area (Å²) in [6.07, 6.45) is 1.59. The summed E-state index contributed by atoms with van der Waals surface area (Å²) in [5.74, 6) is 0.949. The predicted molar refractivity (Wildman–Crippen MR) is 59.1 cm³/mol. The van der Waals surface area contributed by atoms with Crippen LogP contribution in [-0.2, 0) is 5.75 Å². The van der Waals surface area contributed by atoms with Crippen LogP contribution in [-0.4, -0.2) is 7.05 Å². The lowest BCUT2D eigenvalue weighted by Crippen LogP contribution is -2.04. The van der Waals surface area contributed by atoms with Crippen molar-refractivity contribution in [1.82, 2.24) is 5.32 Å². The molecule has 1 aromatic carbocycles. The highest BCUT2D eigenvalue weighted by Crippen LogP contribution is 2.17. The summed E-state index contributed by atoms with van der Waals surface area (Å²) < 4.78 is 0. The monoisotopic (exact) mass is 194 g/mol. The van der Waals surface area contributed by atoms with Gasteiger partial charge in [0.25, 0.3) is 0 Å². The molecule has 0 amide bonds. The number of benzene rings is 1. The van der Waals surface area contributed by atoms with Gasteiger partial charge in [-0.2, -0.15) is 0 Å². The van der Waals surface area contributed by atoms with Crippen LogP contribution in [0.15, 0.2) is 41.6 Å². The quantitative estimate of drug-likeness (QED) is 0.768. The van der Waals surface area contributed by atoms with E-state index in [2.05, 4.69) is 17.4 Å². The van der Waals surface area contributed by atoms with Crippen LogP contribution in [0.3, 0.4) is 0 Å². The van der Waals surface area contributed by atoms with E-state index in [9.17, 15) is 0 Å². The number of hydrogen-bond acceptors (Lipinski definition) is 3. The molecule has 0 fully saturated rings. The van der Waals surface area contributed by atoms with Gasteiger partial charge in [0, 0.05) is 19.0 Å². The lowest BCUT2D eigenvalue weighted by Gasteiger charge is -2.04. The minimum absolute atomic E-state index is 0.949. The number of nitrogens with two attached hydrogens (primary N) is 1. The summed E-state index contributed by atoms with van der Waals surface area (Å²) in [4.78, 5) is 0. The zero-order chi connectivity index (χ0) is 9.52. The molecule has 0 saturated heterocycles. The molecule has 0 saturated carbocycles. The molecule has 0 aromatic heterocycles. The van der Waals surface area contributed by atoms with Gasteiger partial charge in [0.1, 0.15) is 0 Å². The van der Waals surface area contributed by atoms with Crippen molar-refractivity contribution in [2.24, 2.45) is 5.73 Å². The Morgan fingerprint density at radius 1 is 1.46 bits per heavy atom. The van der Waals surface area contributed by atoms with Crippen molar-refractivity contribution in [3.63, 3.8) is 0 Å². The fraction of sp³-hybridized carbons (Fsp3) is 0.200. The Morgan fingerprint density at radius 2 is 2.15 bits per heavy atom. The minimum atomic E-state index is 0.949. The summed E-state index contributed by atoms with van der Waals surface area (Å²) in [5.41, 5.74) is 6.71. The number of thioether (sulfide) groups is 1. The summed E-state index contributed by atoms with van der Waals surface area (Å²) in [7, 11) is 1.87. The number of rotatable bonds is 4. The second-order valence-corrected chi connectivity index (χ2v) is 3.57. The molecule has 1 aromatic rings. The molecule has 70 valence electrons. The molecular weight excluding hydrogens is 180 g/mol. The fourth-order valence-corrected chi connectivity index (χ4v) is 1.69. The van der Waals surface area contributed by atoms with Crippen molar-refractivity contribution in [3.8, 4) is 0 Å². The van der Waals surface area contributed by atoms with Crippen LogP contribution >= 0.6 is 11.8 Å². The molecule has 0 unspecified atom stereocenters. The van der Waals surface area contributed by atoms with Crippen LogP contribution in [0, 0.1) is 0 Å². The summed E-state index contributed by atoms with van der Waals surface area (Å²) in [6, 6.07) is 10.3. The van der Waals surface area contributed by atoms with E-state index >= 15 is 0 Å². The highest BCUT2D eigenvalue weighted by atomic mass is 32.2. The molecule has 0 aliphatic heterocycles. The largest absolute Gasteiger partial charge is 0.403 e. The summed E-state index contributed by atoms with van der Waals surface area (Å²) in [5, 5.41) is 4.02. The van der Waals surface area contributed by atoms with E-state index in [1.165, 1.54) is 5.56 Å². The van der Waals surface area contributed by atoms with E-state index in [4.69, 9.17) is 5.73 Å². The van der Waals surface area contributed by atoms with Crippen molar-refractivity contribution in [2.75, 3.05) is 7.05 Å². The van der Waals surface area contributed by atoms with Gasteiger partial charge in [-0.05, 0) is 5.56 Å². The molecule has 0 aliphatic carbocycles. The highest BCUT2D eigenvalue weighted by Gasteiger charge is 1.95. The third kappa shape index (κ3) is 3.42. The molecule has 1 rings (SSSR count). The van der Waals surface area contributed by atoms with Gasteiger partial charge in [0.2, 0.25) is 0 Å². The normalized spacial score (nSPS) is 11.3. The van der Waals surface area contributed by atoms with Crippen molar-refractivity contribution in [3.05, 3.63) is 47.1 Å². The van der Waals surface area contributed by atoms with Crippen LogP contribution in [0.2, 0.25) is 0 Å². The first-order chi connectivity index (χ1) is 6.36. The minimum Gasteiger partial charge on any atom is -0.403 e. The summed E-state index contributed by atoms with van der Waals surface area (Å²) in [6.45, 7) is 0.